The van der Waals surface area contributed by atoms with Crippen LogP contribution in [0.2, 0.25) is 0 Å². The lowest BCUT2D eigenvalue weighted by Crippen LogP contribution is -2.40. The molecule has 0 aliphatic carbocycles. The molecule has 4 aliphatic rings. The highest BCUT2D eigenvalue weighted by atomic mass is 16.6. The van der Waals surface area contributed by atoms with Crippen molar-refractivity contribution in [3.05, 3.63) is 0 Å². The number of cyclic esters (lactones) is 2. The molecule has 0 aromatic carbocycles. The van der Waals surface area contributed by atoms with Crippen LogP contribution in [-0.2, 0) is 33.3 Å². The molecule has 0 spiro atoms. The molecule has 4 heterocycles. The summed E-state index contributed by atoms with van der Waals surface area (Å²) in [4.78, 5) is 26.7. The summed E-state index contributed by atoms with van der Waals surface area (Å²) in [6.45, 7) is 10.3. The van der Waals surface area contributed by atoms with Crippen LogP contribution in [0.1, 0.15) is 118 Å². The maximum atomic E-state index is 13.6. The van der Waals surface area contributed by atoms with Gasteiger partial charge in [0.05, 0.1) is 48.5 Å². The van der Waals surface area contributed by atoms with E-state index < -0.39 is 0 Å². The first kappa shape index (κ1) is 32.7. The first-order valence-corrected chi connectivity index (χ1v) is 16.8. The van der Waals surface area contributed by atoms with Gasteiger partial charge in [-0.3, -0.25) is 9.59 Å². The van der Waals surface area contributed by atoms with Gasteiger partial charge in [-0.1, -0.05) is 33.6 Å². The van der Waals surface area contributed by atoms with Crippen LogP contribution < -0.4 is 5.32 Å². The molecule has 4 bridgehead atoms. The molecule has 8 heteroatoms. The third-order valence-electron chi connectivity index (χ3n) is 10.2. The number of carbonyl (C=O) groups excluding carboxylic acids is 2. The highest BCUT2D eigenvalue weighted by Crippen LogP contribution is 2.37. The zero-order valence-corrected chi connectivity index (χ0v) is 26.5. The van der Waals surface area contributed by atoms with Crippen molar-refractivity contribution in [3.8, 4) is 0 Å². The molecule has 0 unspecified atom stereocenters. The summed E-state index contributed by atoms with van der Waals surface area (Å²) in [6, 6.07) is 0.463. The van der Waals surface area contributed by atoms with Crippen LogP contribution in [0, 0.1) is 17.8 Å². The SMILES string of the molecule is CCC[C@H](C[C@@H]1CC[C@H]([C@@H](C)[C@@H]2C[C@@H]3CC[C@@H](O3)[C@@H](C)C(=O)O[C@@H](CCC)C[C@@H]3CC[C@@H](O3)[C@H](C)C(=O)O2)O1)NC. The standard InChI is InChI=1S/C33H57NO7/c1-7-9-23(34-6)17-25-11-14-28(37-25)20(3)31-19-27-13-16-29(39-27)21(4)32(35)40-24(10-8-2)18-26-12-15-30(38-26)22(5)33(36)41-31/h20-31,34H,7-19H2,1-6H3/t20-,21-,22+,23-,24+,25+,26+,27+,28-,29-,30-,31+/m1/s1. The summed E-state index contributed by atoms with van der Waals surface area (Å²) in [5.41, 5.74) is 0. The molecule has 0 radical (unpaired) electrons. The molecular weight excluding hydrogens is 522 g/mol. The number of carbonyl (C=O) groups is 2. The lowest BCUT2D eigenvalue weighted by molar-refractivity contribution is -0.169. The molecule has 0 aromatic rings. The van der Waals surface area contributed by atoms with Crippen molar-refractivity contribution in [1.82, 2.24) is 5.32 Å². The molecule has 8 nitrogen and oxygen atoms in total. The van der Waals surface area contributed by atoms with Gasteiger partial charge in [0.1, 0.15) is 12.2 Å². The molecule has 4 aliphatic heterocycles. The molecule has 0 amide bonds. The van der Waals surface area contributed by atoms with Crippen molar-refractivity contribution < 1.29 is 33.3 Å². The van der Waals surface area contributed by atoms with Crippen molar-refractivity contribution in [2.24, 2.45) is 17.8 Å². The van der Waals surface area contributed by atoms with Crippen molar-refractivity contribution in [2.75, 3.05) is 7.05 Å². The minimum Gasteiger partial charge on any atom is -0.462 e. The Balaban J connectivity index is 1.47. The molecule has 12 atom stereocenters. The first-order valence-electron chi connectivity index (χ1n) is 16.8. The minimum absolute atomic E-state index is 0.0115. The van der Waals surface area contributed by atoms with Gasteiger partial charge in [-0.15, -0.1) is 0 Å². The summed E-state index contributed by atoms with van der Waals surface area (Å²) in [5.74, 6) is -0.994. The summed E-state index contributed by atoms with van der Waals surface area (Å²) in [6.07, 6.45) is 11.1. The number of esters is 2. The van der Waals surface area contributed by atoms with E-state index in [1.165, 1.54) is 0 Å². The second-order valence-corrected chi connectivity index (χ2v) is 13.4. The van der Waals surface area contributed by atoms with Crippen LogP contribution >= 0.6 is 0 Å². The summed E-state index contributed by atoms with van der Waals surface area (Å²) in [7, 11) is 2.03. The van der Waals surface area contributed by atoms with Gasteiger partial charge in [0.2, 0.25) is 0 Å². The van der Waals surface area contributed by atoms with E-state index in [-0.39, 0.29) is 78.5 Å². The normalized spacial score (nSPS) is 40.2. The number of nitrogens with one attached hydrogen (secondary N) is 1. The Morgan fingerprint density at radius 3 is 2.00 bits per heavy atom. The van der Waals surface area contributed by atoms with E-state index >= 15 is 0 Å². The topological polar surface area (TPSA) is 92.3 Å². The van der Waals surface area contributed by atoms with Gasteiger partial charge in [-0.25, -0.2) is 0 Å². The Kier molecular flexibility index (Phi) is 12.3. The van der Waals surface area contributed by atoms with Gasteiger partial charge in [0.15, 0.2) is 0 Å². The average Bonchev–Trinajstić information content (AvgIpc) is 3.72. The van der Waals surface area contributed by atoms with E-state index in [1.54, 1.807) is 0 Å². The molecule has 4 saturated heterocycles. The molecule has 41 heavy (non-hydrogen) atoms. The Labute approximate surface area is 248 Å². The number of ether oxygens (including phenoxy) is 5. The van der Waals surface area contributed by atoms with Crippen LogP contribution in [0.5, 0.6) is 0 Å². The fourth-order valence-corrected chi connectivity index (χ4v) is 7.43. The van der Waals surface area contributed by atoms with Crippen molar-refractivity contribution >= 4 is 11.9 Å². The lowest BCUT2D eigenvalue weighted by Gasteiger charge is -2.32. The van der Waals surface area contributed by atoms with Crippen LogP contribution in [0.4, 0.5) is 0 Å². The Hall–Kier alpha value is -1.22. The largest absolute Gasteiger partial charge is 0.462 e. The lowest BCUT2D eigenvalue weighted by atomic mass is 9.90. The van der Waals surface area contributed by atoms with Crippen LogP contribution in [0.25, 0.3) is 0 Å². The second-order valence-electron chi connectivity index (χ2n) is 13.4. The van der Waals surface area contributed by atoms with Crippen molar-refractivity contribution in [2.45, 2.75) is 173 Å². The molecule has 0 aromatic heterocycles. The zero-order chi connectivity index (χ0) is 29.5. The average molecular weight is 580 g/mol. The van der Waals surface area contributed by atoms with Gasteiger partial charge >= 0.3 is 11.9 Å². The van der Waals surface area contributed by atoms with Crippen LogP contribution in [0.3, 0.4) is 0 Å². The van der Waals surface area contributed by atoms with Gasteiger partial charge in [0.25, 0.3) is 0 Å². The van der Waals surface area contributed by atoms with E-state index in [1.807, 2.05) is 20.9 Å². The quantitative estimate of drug-likeness (QED) is 0.346. The highest BCUT2D eigenvalue weighted by molar-refractivity contribution is 5.73. The number of hydrogen-bond acceptors (Lipinski definition) is 8. The van der Waals surface area contributed by atoms with Crippen molar-refractivity contribution in [1.29, 1.82) is 0 Å². The Morgan fingerprint density at radius 2 is 1.39 bits per heavy atom. The van der Waals surface area contributed by atoms with Crippen LogP contribution in [-0.4, -0.2) is 73.9 Å². The third kappa shape index (κ3) is 8.67. The maximum Gasteiger partial charge on any atom is 0.311 e. The summed E-state index contributed by atoms with van der Waals surface area (Å²) < 4.78 is 31.8. The van der Waals surface area contributed by atoms with E-state index in [4.69, 9.17) is 23.7 Å². The second kappa shape index (κ2) is 15.5. The predicted octanol–water partition coefficient (Wildman–Crippen LogP) is 5.73. The molecule has 1 N–H and O–H groups in total. The van der Waals surface area contributed by atoms with Gasteiger partial charge in [-0.2, -0.15) is 0 Å². The van der Waals surface area contributed by atoms with E-state index in [9.17, 15) is 9.59 Å². The molecule has 0 saturated carbocycles. The minimum atomic E-state index is -0.352. The predicted molar refractivity (Wildman–Crippen MR) is 157 cm³/mol. The monoisotopic (exact) mass is 579 g/mol. The highest BCUT2D eigenvalue weighted by Gasteiger charge is 2.43. The molecule has 4 rings (SSSR count). The third-order valence-corrected chi connectivity index (χ3v) is 10.2. The van der Waals surface area contributed by atoms with E-state index in [0.717, 1.165) is 70.6 Å². The van der Waals surface area contributed by atoms with Crippen molar-refractivity contribution in [3.63, 3.8) is 0 Å². The Bertz CT molecular complexity index is 838. The van der Waals surface area contributed by atoms with E-state index in [2.05, 4.69) is 26.1 Å². The number of hydrogen-bond donors (Lipinski definition) is 1. The fraction of sp³-hybridized carbons (Fsp3) is 0.939. The van der Waals surface area contributed by atoms with Gasteiger partial charge in [-0.05, 0) is 78.7 Å². The van der Waals surface area contributed by atoms with E-state index in [0.29, 0.717) is 18.9 Å². The molecule has 4 fully saturated rings. The fourth-order valence-electron chi connectivity index (χ4n) is 7.43. The van der Waals surface area contributed by atoms with Crippen LogP contribution in [0.15, 0.2) is 0 Å². The van der Waals surface area contributed by atoms with Gasteiger partial charge < -0.3 is 29.0 Å². The summed E-state index contributed by atoms with van der Waals surface area (Å²) >= 11 is 0. The maximum absolute atomic E-state index is 13.6. The zero-order valence-electron chi connectivity index (χ0n) is 26.5. The molecular formula is C33H57NO7. The summed E-state index contributed by atoms with van der Waals surface area (Å²) in [5, 5.41) is 3.44. The number of rotatable bonds is 9. The molecule has 236 valence electrons. The first-order chi connectivity index (χ1) is 19.7. The van der Waals surface area contributed by atoms with Gasteiger partial charge in [0, 0.05) is 24.8 Å². The smallest absolute Gasteiger partial charge is 0.311 e. The number of fused-ring (bicyclic) bond motifs is 4. The Morgan fingerprint density at radius 1 is 0.756 bits per heavy atom.